The molecule has 4 nitrogen and oxygen atoms in total. The lowest BCUT2D eigenvalue weighted by Crippen LogP contribution is -2.23. The highest BCUT2D eigenvalue weighted by molar-refractivity contribution is 7.97. The largest absolute Gasteiger partial charge is 0.370 e. The van der Waals surface area contributed by atoms with Gasteiger partial charge in [0.2, 0.25) is 0 Å². The standard InChI is InChI=1S/C22H29ClN4S/c1-6-19(20-9-7-8-10-21(20)23)16(3)27-13-15(2)18(14-27)11-25-28-22-12-24-26(5)17(22)4/h7-12,15,19,25H,3,6,13-14H2,1-2,4-5H3/b18-11-. The molecule has 1 aliphatic rings. The minimum Gasteiger partial charge on any atom is -0.370 e. The lowest BCUT2D eigenvalue weighted by atomic mass is 9.93. The van der Waals surface area contributed by atoms with Crippen molar-refractivity contribution in [1.29, 1.82) is 0 Å². The van der Waals surface area contributed by atoms with Gasteiger partial charge in [-0.15, -0.1) is 0 Å². The minimum atomic E-state index is 0.251. The number of hydrogen-bond donors (Lipinski definition) is 1. The monoisotopic (exact) mass is 416 g/mol. The predicted octanol–water partition coefficient (Wildman–Crippen LogP) is 5.52. The summed E-state index contributed by atoms with van der Waals surface area (Å²) in [5.74, 6) is 0.740. The number of halogens is 1. The normalized spacial score (nSPS) is 19.2. The molecule has 6 heteroatoms. The molecular formula is C22H29ClN4S. The van der Waals surface area contributed by atoms with Crippen LogP contribution in [0.5, 0.6) is 0 Å². The molecule has 28 heavy (non-hydrogen) atoms. The zero-order valence-corrected chi connectivity index (χ0v) is 18.6. The fraction of sp³-hybridized carbons (Fsp3) is 0.409. The Bertz CT molecular complexity index is 873. The van der Waals surface area contributed by atoms with Gasteiger partial charge in [-0.1, -0.05) is 50.2 Å². The average molecular weight is 417 g/mol. The molecule has 2 atom stereocenters. The number of aryl methyl sites for hydroxylation is 1. The first-order valence-corrected chi connectivity index (χ1v) is 10.9. The Kier molecular flexibility index (Phi) is 6.78. The summed E-state index contributed by atoms with van der Waals surface area (Å²) in [4.78, 5) is 3.55. The van der Waals surface area contributed by atoms with Crippen LogP contribution in [0.2, 0.25) is 5.02 Å². The van der Waals surface area contributed by atoms with Gasteiger partial charge >= 0.3 is 0 Å². The zero-order chi connectivity index (χ0) is 20.3. The third-order valence-corrected chi connectivity index (χ3v) is 6.80. The van der Waals surface area contributed by atoms with E-state index < -0.39 is 0 Å². The van der Waals surface area contributed by atoms with Crippen LogP contribution < -0.4 is 4.72 Å². The van der Waals surface area contributed by atoms with E-state index in [1.54, 1.807) is 11.9 Å². The first kappa shape index (κ1) is 20.9. The van der Waals surface area contributed by atoms with Gasteiger partial charge in [0.05, 0.1) is 16.8 Å². The number of benzene rings is 1. The molecule has 1 aromatic carbocycles. The van der Waals surface area contributed by atoms with Crippen molar-refractivity contribution in [1.82, 2.24) is 19.4 Å². The molecule has 0 spiro atoms. The maximum absolute atomic E-state index is 6.46. The molecule has 0 saturated carbocycles. The molecule has 0 bridgehead atoms. The number of allylic oxidation sites excluding steroid dienone is 1. The summed E-state index contributed by atoms with van der Waals surface area (Å²) in [5, 5.41) is 5.11. The molecule has 1 N–H and O–H groups in total. The Morgan fingerprint density at radius 1 is 1.46 bits per heavy atom. The van der Waals surface area contributed by atoms with Gasteiger partial charge in [-0.3, -0.25) is 4.68 Å². The molecule has 1 fully saturated rings. The van der Waals surface area contributed by atoms with Crippen molar-refractivity contribution in [3.05, 3.63) is 70.8 Å². The van der Waals surface area contributed by atoms with E-state index in [9.17, 15) is 0 Å². The highest BCUT2D eigenvalue weighted by Gasteiger charge is 2.28. The van der Waals surface area contributed by atoms with E-state index in [4.69, 9.17) is 11.6 Å². The van der Waals surface area contributed by atoms with Gasteiger partial charge in [-0.05, 0) is 48.4 Å². The van der Waals surface area contributed by atoms with Crippen LogP contribution in [0.1, 0.15) is 37.4 Å². The Morgan fingerprint density at radius 3 is 2.86 bits per heavy atom. The molecule has 0 aliphatic carbocycles. The van der Waals surface area contributed by atoms with Crippen LogP contribution in [-0.4, -0.2) is 27.8 Å². The summed E-state index contributed by atoms with van der Waals surface area (Å²) < 4.78 is 5.29. The summed E-state index contributed by atoms with van der Waals surface area (Å²) in [6, 6.07) is 8.11. The number of nitrogens with one attached hydrogen (secondary N) is 1. The van der Waals surface area contributed by atoms with E-state index in [0.29, 0.717) is 5.92 Å². The third kappa shape index (κ3) is 4.41. The molecule has 2 unspecified atom stereocenters. The van der Waals surface area contributed by atoms with Gasteiger partial charge in [0.25, 0.3) is 0 Å². The molecule has 3 rings (SSSR count). The van der Waals surface area contributed by atoms with Crippen molar-refractivity contribution in [3.8, 4) is 0 Å². The average Bonchev–Trinajstić information content (AvgIpc) is 3.21. The van der Waals surface area contributed by atoms with E-state index in [-0.39, 0.29) is 5.92 Å². The van der Waals surface area contributed by atoms with Crippen molar-refractivity contribution in [2.75, 3.05) is 13.1 Å². The van der Waals surface area contributed by atoms with Crippen LogP contribution >= 0.6 is 23.5 Å². The van der Waals surface area contributed by atoms with Crippen molar-refractivity contribution >= 4 is 23.5 Å². The number of nitrogens with zero attached hydrogens (tertiary/aromatic N) is 3. The van der Waals surface area contributed by atoms with Crippen LogP contribution in [0.3, 0.4) is 0 Å². The van der Waals surface area contributed by atoms with E-state index in [1.165, 1.54) is 11.1 Å². The summed E-state index contributed by atoms with van der Waals surface area (Å²) in [7, 11) is 1.96. The van der Waals surface area contributed by atoms with E-state index in [0.717, 1.165) is 40.8 Å². The lowest BCUT2D eigenvalue weighted by Gasteiger charge is -2.28. The summed E-state index contributed by atoms with van der Waals surface area (Å²) in [6.07, 6.45) is 5.03. The second kappa shape index (κ2) is 9.10. The number of likely N-dealkylation sites (tertiary alicyclic amines) is 1. The smallest absolute Gasteiger partial charge is 0.0693 e. The predicted molar refractivity (Wildman–Crippen MR) is 119 cm³/mol. The van der Waals surface area contributed by atoms with E-state index in [2.05, 4.69) is 60.4 Å². The van der Waals surface area contributed by atoms with Crippen molar-refractivity contribution in [2.45, 2.75) is 38.0 Å². The van der Waals surface area contributed by atoms with Crippen LogP contribution in [0.25, 0.3) is 0 Å². The van der Waals surface area contributed by atoms with Gasteiger partial charge < -0.3 is 9.62 Å². The van der Waals surface area contributed by atoms with Gasteiger partial charge in [-0.2, -0.15) is 5.10 Å². The molecule has 0 amide bonds. The fourth-order valence-corrected chi connectivity index (χ4v) is 4.64. The summed E-state index contributed by atoms with van der Waals surface area (Å²) in [6.45, 7) is 12.9. The number of rotatable bonds is 7. The summed E-state index contributed by atoms with van der Waals surface area (Å²) in [5.41, 5.74) is 4.88. The maximum Gasteiger partial charge on any atom is 0.0693 e. The zero-order valence-electron chi connectivity index (χ0n) is 17.1. The fourth-order valence-electron chi connectivity index (χ4n) is 3.66. The Labute approximate surface area is 177 Å². The molecule has 2 aromatic rings. The molecule has 0 radical (unpaired) electrons. The van der Waals surface area contributed by atoms with E-state index >= 15 is 0 Å². The lowest BCUT2D eigenvalue weighted by molar-refractivity contribution is 0.379. The van der Waals surface area contributed by atoms with Crippen molar-refractivity contribution < 1.29 is 0 Å². The quantitative estimate of drug-likeness (QED) is 0.602. The summed E-state index contributed by atoms with van der Waals surface area (Å²) >= 11 is 8.06. The molecule has 1 saturated heterocycles. The van der Waals surface area contributed by atoms with Crippen LogP contribution in [0, 0.1) is 12.8 Å². The van der Waals surface area contributed by atoms with E-state index in [1.807, 2.05) is 30.1 Å². The van der Waals surface area contributed by atoms with Crippen molar-refractivity contribution in [3.63, 3.8) is 0 Å². The van der Waals surface area contributed by atoms with Gasteiger partial charge in [0.1, 0.15) is 0 Å². The Balaban J connectivity index is 1.65. The highest BCUT2D eigenvalue weighted by Crippen LogP contribution is 2.36. The third-order valence-electron chi connectivity index (χ3n) is 5.60. The van der Waals surface area contributed by atoms with Crippen LogP contribution in [-0.2, 0) is 7.05 Å². The number of hydrogen-bond acceptors (Lipinski definition) is 4. The van der Waals surface area contributed by atoms with Gasteiger partial charge in [0.15, 0.2) is 0 Å². The van der Waals surface area contributed by atoms with Gasteiger partial charge in [-0.25, -0.2) is 0 Å². The van der Waals surface area contributed by atoms with Crippen molar-refractivity contribution in [2.24, 2.45) is 13.0 Å². The molecule has 1 aromatic heterocycles. The second-order valence-corrected chi connectivity index (χ2v) is 8.70. The molecule has 1 aliphatic heterocycles. The SMILES string of the molecule is C=C(C(CC)c1ccccc1Cl)N1C/C(=C/NSc2cnn(C)c2C)C(C)C1. The Morgan fingerprint density at radius 2 is 2.21 bits per heavy atom. The minimum absolute atomic E-state index is 0.251. The maximum atomic E-state index is 6.46. The van der Waals surface area contributed by atoms with Crippen LogP contribution in [0.15, 0.2) is 59.4 Å². The second-order valence-electron chi connectivity index (χ2n) is 7.41. The molecular weight excluding hydrogens is 388 g/mol. The Hall–Kier alpha value is -1.85. The number of aromatic nitrogens is 2. The van der Waals surface area contributed by atoms with Crippen LogP contribution in [0.4, 0.5) is 0 Å². The highest BCUT2D eigenvalue weighted by atomic mass is 35.5. The molecule has 150 valence electrons. The first-order chi connectivity index (χ1) is 13.4. The van der Waals surface area contributed by atoms with Gasteiger partial charge in [0, 0.05) is 43.0 Å². The topological polar surface area (TPSA) is 33.1 Å². The molecule has 2 heterocycles. The first-order valence-electron chi connectivity index (χ1n) is 9.70.